The van der Waals surface area contributed by atoms with E-state index in [4.69, 9.17) is 0 Å². The van der Waals surface area contributed by atoms with Crippen LogP contribution in [-0.2, 0) is 5.33 Å². The molecule has 84 valence electrons. The predicted molar refractivity (Wildman–Crippen MR) is 78.8 cm³/mol. The van der Waals surface area contributed by atoms with Crippen molar-refractivity contribution in [1.29, 1.82) is 0 Å². The molecule has 0 spiro atoms. The van der Waals surface area contributed by atoms with Gasteiger partial charge in [-0.1, -0.05) is 70.0 Å². The van der Waals surface area contributed by atoms with Gasteiger partial charge >= 0.3 is 0 Å². The van der Waals surface area contributed by atoms with Crippen molar-refractivity contribution in [1.82, 2.24) is 0 Å². The van der Waals surface area contributed by atoms with Gasteiger partial charge in [0.05, 0.1) is 0 Å². The van der Waals surface area contributed by atoms with E-state index in [1.165, 1.54) is 32.7 Å². The molecule has 0 N–H and O–H groups in total. The van der Waals surface area contributed by atoms with E-state index >= 15 is 0 Å². The summed E-state index contributed by atoms with van der Waals surface area (Å²) >= 11 is 3.50. The van der Waals surface area contributed by atoms with E-state index in [2.05, 4.69) is 71.4 Å². The van der Waals surface area contributed by atoms with Gasteiger partial charge in [-0.15, -0.1) is 0 Å². The fourth-order valence-corrected chi connectivity index (χ4v) is 2.67. The van der Waals surface area contributed by atoms with Crippen molar-refractivity contribution in [3.63, 3.8) is 0 Å². The van der Waals surface area contributed by atoms with Gasteiger partial charge in [0, 0.05) is 5.33 Å². The fourth-order valence-electron chi connectivity index (χ4n) is 2.32. The molecule has 3 aromatic rings. The van der Waals surface area contributed by atoms with Crippen LogP contribution >= 0.6 is 15.9 Å². The first-order valence-electron chi connectivity index (χ1n) is 5.76. The molecule has 1 heteroatoms. The van der Waals surface area contributed by atoms with E-state index in [0.717, 1.165) is 5.33 Å². The second kappa shape index (κ2) is 4.15. The second-order valence-corrected chi connectivity index (χ2v) is 5.04. The highest BCUT2D eigenvalue weighted by Crippen LogP contribution is 2.27. The molecule has 0 heterocycles. The molecule has 3 rings (SSSR count). The molecule has 0 unspecified atom stereocenters. The third kappa shape index (κ3) is 1.85. The molecule has 0 radical (unpaired) electrons. The van der Waals surface area contributed by atoms with Crippen LogP contribution in [0.4, 0.5) is 0 Å². The molecule has 0 bridgehead atoms. The van der Waals surface area contributed by atoms with Crippen molar-refractivity contribution in [2.75, 3.05) is 0 Å². The Balaban J connectivity index is 2.40. The third-order valence-corrected chi connectivity index (χ3v) is 3.86. The van der Waals surface area contributed by atoms with Gasteiger partial charge in [-0.3, -0.25) is 0 Å². The van der Waals surface area contributed by atoms with Gasteiger partial charge in [0.1, 0.15) is 0 Å². The molecule has 3 aromatic carbocycles. The minimum Gasteiger partial charge on any atom is -0.0876 e. The summed E-state index contributed by atoms with van der Waals surface area (Å²) in [5.74, 6) is 0. The first-order chi connectivity index (χ1) is 8.28. The lowest BCUT2D eigenvalue weighted by atomic mass is 9.99. The normalized spacial score (nSPS) is 11.2. The Morgan fingerprint density at radius 3 is 2.18 bits per heavy atom. The van der Waals surface area contributed by atoms with Crippen molar-refractivity contribution in [3.05, 3.63) is 59.7 Å². The summed E-state index contributed by atoms with van der Waals surface area (Å²) < 4.78 is 0. The Morgan fingerprint density at radius 2 is 1.47 bits per heavy atom. The highest BCUT2D eigenvalue weighted by molar-refractivity contribution is 9.08. The molecule has 0 aromatic heterocycles. The van der Waals surface area contributed by atoms with Crippen molar-refractivity contribution in [2.24, 2.45) is 0 Å². The SMILES string of the molecule is Cc1ccc2c(ccc3cc(CBr)ccc32)c1. The average Bonchev–Trinajstić information content (AvgIpc) is 2.37. The third-order valence-electron chi connectivity index (χ3n) is 3.21. The largest absolute Gasteiger partial charge is 0.0876 e. The van der Waals surface area contributed by atoms with E-state index < -0.39 is 0 Å². The lowest BCUT2D eigenvalue weighted by Gasteiger charge is -2.06. The van der Waals surface area contributed by atoms with Crippen molar-refractivity contribution in [2.45, 2.75) is 12.3 Å². The Bertz CT molecular complexity index is 698. The van der Waals surface area contributed by atoms with Crippen LogP contribution in [0.15, 0.2) is 48.5 Å². The zero-order valence-corrected chi connectivity index (χ0v) is 11.3. The van der Waals surface area contributed by atoms with E-state index in [-0.39, 0.29) is 0 Å². The molecular weight excluding hydrogens is 272 g/mol. The van der Waals surface area contributed by atoms with Gasteiger partial charge in [0.15, 0.2) is 0 Å². The first-order valence-corrected chi connectivity index (χ1v) is 6.88. The summed E-state index contributed by atoms with van der Waals surface area (Å²) in [6, 6.07) is 17.7. The molecule has 0 saturated heterocycles. The van der Waals surface area contributed by atoms with Crippen LogP contribution < -0.4 is 0 Å². The first kappa shape index (κ1) is 10.8. The van der Waals surface area contributed by atoms with Crippen LogP contribution in [0.25, 0.3) is 21.5 Å². The smallest absolute Gasteiger partial charge is 0.0283 e. The fraction of sp³-hybridized carbons (Fsp3) is 0.125. The highest BCUT2D eigenvalue weighted by Gasteiger charge is 2.01. The Hall–Kier alpha value is -1.34. The molecule has 0 aliphatic rings. The topological polar surface area (TPSA) is 0 Å². The standard InChI is InChI=1S/C16H13Br/c1-11-2-6-15-13(8-11)4-5-14-9-12(10-17)3-7-16(14)15/h2-9H,10H2,1H3. The van der Waals surface area contributed by atoms with Crippen LogP contribution in [0.5, 0.6) is 0 Å². The van der Waals surface area contributed by atoms with Gasteiger partial charge in [-0.05, 0) is 34.0 Å². The number of rotatable bonds is 1. The molecule has 0 saturated carbocycles. The molecular formula is C16H13Br. The number of benzene rings is 3. The molecule has 0 atom stereocenters. The Morgan fingerprint density at radius 1 is 0.824 bits per heavy atom. The van der Waals surface area contributed by atoms with E-state index in [1.807, 2.05) is 0 Å². The van der Waals surface area contributed by atoms with Crippen molar-refractivity contribution >= 4 is 37.5 Å². The van der Waals surface area contributed by atoms with Crippen LogP contribution in [0, 0.1) is 6.92 Å². The molecule has 0 aliphatic heterocycles. The quantitative estimate of drug-likeness (QED) is 0.426. The summed E-state index contributed by atoms with van der Waals surface area (Å²) in [6.45, 7) is 2.14. The van der Waals surface area contributed by atoms with E-state index in [0.29, 0.717) is 0 Å². The second-order valence-electron chi connectivity index (χ2n) is 4.48. The lowest BCUT2D eigenvalue weighted by Crippen LogP contribution is -1.82. The molecule has 0 amide bonds. The Labute approximate surface area is 109 Å². The monoisotopic (exact) mass is 284 g/mol. The van der Waals surface area contributed by atoms with Crippen LogP contribution in [0.2, 0.25) is 0 Å². The van der Waals surface area contributed by atoms with Gasteiger partial charge in [-0.25, -0.2) is 0 Å². The van der Waals surface area contributed by atoms with Crippen molar-refractivity contribution in [3.8, 4) is 0 Å². The van der Waals surface area contributed by atoms with Crippen LogP contribution in [0.3, 0.4) is 0 Å². The maximum Gasteiger partial charge on any atom is 0.0283 e. The van der Waals surface area contributed by atoms with E-state index in [1.54, 1.807) is 0 Å². The number of hydrogen-bond donors (Lipinski definition) is 0. The molecule has 0 fully saturated rings. The maximum absolute atomic E-state index is 3.50. The minimum atomic E-state index is 0.912. The summed E-state index contributed by atoms with van der Waals surface area (Å²) in [6.07, 6.45) is 0. The average molecular weight is 285 g/mol. The minimum absolute atomic E-state index is 0.912. The molecule has 17 heavy (non-hydrogen) atoms. The molecule has 0 aliphatic carbocycles. The summed E-state index contributed by atoms with van der Waals surface area (Å²) in [7, 11) is 0. The number of halogens is 1. The van der Waals surface area contributed by atoms with Gasteiger partial charge < -0.3 is 0 Å². The number of alkyl halides is 1. The van der Waals surface area contributed by atoms with Crippen LogP contribution in [0.1, 0.15) is 11.1 Å². The summed E-state index contributed by atoms with van der Waals surface area (Å²) in [5, 5.41) is 6.23. The maximum atomic E-state index is 3.50. The van der Waals surface area contributed by atoms with Gasteiger partial charge in [0.25, 0.3) is 0 Å². The number of fused-ring (bicyclic) bond motifs is 3. The number of hydrogen-bond acceptors (Lipinski definition) is 0. The predicted octanol–water partition coefficient (Wildman–Crippen LogP) is 5.20. The highest BCUT2D eigenvalue weighted by atomic mass is 79.9. The van der Waals surface area contributed by atoms with Gasteiger partial charge in [-0.2, -0.15) is 0 Å². The van der Waals surface area contributed by atoms with Crippen molar-refractivity contribution < 1.29 is 0 Å². The van der Waals surface area contributed by atoms with E-state index in [9.17, 15) is 0 Å². The van der Waals surface area contributed by atoms with Gasteiger partial charge in [0.2, 0.25) is 0 Å². The van der Waals surface area contributed by atoms with Crippen LogP contribution in [-0.4, -0.2) is 0 Å². The Kier molecular flexibility index (Phi) is 2.64. The summed E-state index contributed by atoms with van der Waals surface area (Å²) in [5.41, 5.74) is 2.64. The zero-order valence-electron chi connectivity index (χ0n) is 9.70. The lowest BCUT2D eigenvalue weighted by molar-refractivity contribution is 1.47. The number of aryl methyl sites for hydroxylation is 1. The summed E-state index contributed by atoms with van der Waals surface area (Å²) in [4.78, 5) is 0. The molecule has 0 nitrogen and oxygen atoms in total. The zero-order chi connectivity index (χ0) is 11.8.